The van der Waals surface area contributed by atoms with Gasteiger partial charge >= 0.3 is 5.76 Å². The van der Waals surface area contributed by atoms with Crippen molar-refractivity contribution in [2.24, 2.45) is 0 Å². The third kappa shape index (κ3) is 4.56. The molecule has 172 valence electrons. The van der Waals surface area contributed by atoms with Crippen LogP contribution in [0.5, 0.6) is 0 Å². The number of aryl methyl sites for hydroxylation is 1. The number of hydrogen-bond acceptors (Lipinski definition) is 8. The molecule has 4 rings (SSSR count). The summed E-state index contributed by atoms with van der Waals surface area (Å²) in [6.07, 6.45) is -2.11. The van der Waals surface area contributed by atoms with Crippen LogP contribution in [0.4, 0.5) is 11.4 Å². The van der Waals surface area contributed by atoms with E-state index in [1.165, 1.54) is 29.2 Å². The van der Waals surface area contributed by atoms with Crippen LogP contribution < -0.4 is 16.0 Å². The number of benzene rings is 2. The first kappa shape index (κ1) is 22.4. The van der Waals surface area contributed by atoms with Gasteiger partial charge in [0.2, 0.25) is 5.91 Å². The Morgan fingerprint density at radius 2 is 1.85 bits per heavy atom. The average molecular weight is 472 g/mol. The fourth-order valence-corrected chi connectivity index (χ4v) is 5.14. The van der Waals surface area contributed by atoms with Crippen molar-refractivity contribution in [2.45, 2.75) is 18.3 Å². The van der Waals surface area contributed by atoms with Crippen LogP contribution in [0.15, 0.2) is 57.8 Å². The third-order valence-electron chi connectivity index (χ3n) is 5.26. The molecule has 3 N–H and O–H groups in total. The van der Waals surface area contributed by atoms with Crippen LogP contribution in [-0.4, -0.2) is 59.1 Å². The molecular formula is C21H20N4O7S. The molecule has 0 aliphatic carbocycles. The van der Waals surface area contributed by atoms with E-state index in [-0.39, 0.29) is 23.8 Å². The fraction of sp³-hybridized carbons (Fsp3) is 0.238. The molecule has 1 aromatic heterocycles. The molecule has 12 heteroatoms. The number of carbonyl (C=O) groups is 2. The van der Waals surface area contributed by atoms with Crippen molar-refractivity contribution < 1.29 is 27.6 Å². The Morgan fingerprint density at radius 3 is 2.45 bits per heavy atom. The van der Waals surface area contributed by atoms with Gasteiger partial charge in [0, 0.05) is 23.5 Å². The van der Waals surface area contributed by atoms with Crippen molar-refractivity contribution in [3.63, 3.8) is 0 Å². The highest BCUT2D eigenvalue weighted by Gasteiger charge is 2.48. The maximum absolute atomic E-state index is 13.0. The number of hydrogen-bond donors (Lipinski definition) is 3. The number of nitrogens with zero attached hydrogens (tertiary/aromatic N) is 2. The molecule has 0 spiro atoms. The van der Waals surface area contributed by atoms with Gasteiger partial charge in [-0.3, -0.25) is 19.1 Å². The number of aromatic amines is 1. The molecule has 0 saturated carbocycles. The predicted octanol–water partition coefficient (Wildman–Crippen LogP) is 0.468. The van der Waals surface area contributed by atoms with E-state index in [0.717, 1.165) is 5.56 Å². The molecule has 1 aliphatic heterocycles. The molecule has 3 aromatic rings. The molecule has 2 aromatic carbocycles. The first-order valence-electron chi connectivity index (χ1n) is 9.91. The number of aliphatic hydroxyl groups is 1. The zero-order valence-corrected chi connectivity index (χ0v) is 18.2. The van der Waals surface area contributed by atoms with E-state index in [1.807, 2.05) is 6.92 Å². The monoisotopic (exact) mass is 472 g/mol. The van der Waals surface area contributed by atoms with E-state index >= 15 is 0 Å². The predicted molar refractivity (Wildman–Crippen MR) is 118 cm³/mol. The summed E-state index contributed by atoms with van der Waals surface area (Å²) in [6.45, 7) is 1.81. The van der Waals surface area contributed by atoms with Crippen molar-refractivity contribution in [1.29, 1.82) is 0 Å². The smallest absolute Gasteiger partial charge is 0.381 e. The highest BCUT2D eigenvalue weighted by Crippen LogP contribution is 2.25. The van der Waals surface area contributed by atoms with Crippen molar-refractivity contribution in [1.82, 2.24) is 10.1 Å². The second kappa shape index (κ2) is 8.64. The first-order valence-corrected chi connectivity index (χ1v) is 11.6. The summed E-state index contributed by atoms with van der Waals surface area (Å²) in [4.78, 5) is 40.3. The van der Waals surface area contributed by atoms with Gasteiger partial charge in [0.1, 0.15) is 0 Å². The normalized spacial score (nSPS) is 18.7. The average Bonchev–Trinajstić information content (AvgIpc) is 3.21. The zero-order chi connectivity index (χ0) is 23.8. The van der Waals surface area contributed by atoms with Gasteiger partial charge in [-0.2, -0.15) is 0 Å². The fourth-order valence-electron chi connectivity index (χ4n) is 3.49. The number of aromatic nitrogens is 2. The molecule has 33 heavy (non-hydrogen) atoms. The molecule has 1 aliphatic rings. The lowest BCUT2D eigenvalue weighted by atomic mass is 10.1. The third-order valence-corrected chi connectivity index (χ3v) is 7.25. The largest absolute Gasteiger partial charge is 0.439 e. The summed E-state index contributed by atoms with van der Waals surface area (Å²) >= 11 is 0. The second-order valence-corrected chi connectivity index (χ2v) is 9.81. The van der Waals surface area contributed by atoms with Gasteiger partial charge in [0.15, 0.2) is 27.0 Å². The van der Waals surface area contributed by atoms with Crippen LogP contribution in [0.3, 0.4) is 0 Å². The number of carbonyl (C=O) groups excluding carboxylic acids is 2. The molecule has 2 amide bonds. The number of rotatable bonds is 5. The minimum absolute atomic E-state index is 0.0688. The Balaban J connectivity index is 1.51. The zero-order valence-electron chi connectivity index (χ0n) is 17.4. The van der Waals surface area contributed by atoms with Crippen molar-refractivity contribution in [2.75, 3.05) is 22.5 Å². The summed E-state index contributed by atoms with van der Waals surface area (Å²) < 4.78 is 29.6. The second-order valence-electron chi connectivity index (χ2n) is 7.57. The lowest BCUT2D eigenvalue weighted by Crippen LogP contribution is -2.58. The van der Waals surface area contributed by atoms with Crippen molar-refractivity contribution >= 4 is 33.0 Å². The highest BCUT2D eigenvalue weighted by atomic mass is 32.2. The maximum atomic E-state index is 13.0. The number of nitrogens with one attached hydrogen (secondary N) is 2. The summed E-state index contributed by atoms with van der Waals surface area (Å²) in [5.41, 5.74) is 2.19. The first-order chi connectivity index (χ1) is 15.7. The Hall–Kier alpha value is -3.77. The summed E-state index contributed by atoms with van der Waals surface area (Å²) in [5.74, 6) is -2.81. The van der Waals surface area contributed by atoms with E-state index < -0.39 is 38.8 Å². The van der Waals surface area contributed by atoms with Gasteiger partial charge in [0.25, 0.3) is 5.91 Å². The topological polar surface area (TPSA) is 163 Å². The van der Waals surface area contributed by atoms with E-state index in [1.54, 1.807) is 24.3 Å². The molecule has 2 heterocycles. The summed E-state index contributed by atoms with van der Waals surface area (Å²) in [5, 5.41) is 14.6. The maximum Gasteiger partial charge on any atom is 0.439 e. The van der Waals surface area contributed by atoms with Crippen LogP contribution in [0, 0.1) is 6.92 Å². The van der Waals surface area contributed by atoms with Crippen LogP contribution >= 0.6 is 0 Å². The van der Waals surface area contributed by atoms with Crippen LogP contribution in [-0.2, 0) is 19.4 Å². The van der Waals surface area contributed by atoms with E-state index in [0.29, 0.717) is 11.3 Å². The molecule has 11 nitrogen and oxygen atoms in total. The molecule has 0 radical (unpaired) electrons. The molecule has 1 saturated heterocycles. The summed E-state index contributed by atoms with van der Waals surface area (Å²) in [7, 11) is -4.05. The Kier molecular flexibility index (Phi) is 5.87. The van der Waals surface area contributed by atoms with Crippen molar-refractivity contribution in [3.8, 4) is 11.4 Å². The number of H-pyrrole nitrogens is 1. The van der Waals surface area contributed by atoms with Gasteiger partial charge in [-0.05, 0) is 43.3 Å². The minimum Gasteiger partial charge on any atom is -0.381 e. The van der Waals surface area contributed by atoms with Gasteiger partial charge in [0.05, 0.1) is 5.75 Å². The SMILES string of the molecule is Cc1ccc(N2CCS(=O)(=O)C(C(O)C(=O)Nc3ccc(-c4noc(=O)[nH]4)cc3)C2=O)cc1. The van der Waals surface area contributed by atoms with Crippen molar-refractivity contribution in [3.05, 3.63) is 64.6 Å². The highest BCUT2D eigenvalue weighted by molar-refractivity contribution is 7.93. The molecular weight excluding hydrogens is 452 g/mol. The standard InChI is InChI=1S/C21H20N4O7S/c1-12-2-8-15(9-3-12)25-10-11-33(30,31)17(20(25)28)16(26)19(27)22-14-6-4-13(5-7-14)18-23-21(29)32-24-18/h2-9,16-17,26H,10-11H2,1H3,(H,22,27)(H,23,24,29). The van der Waals surface area contributed by atoms with E-state index in [4.69, 9.17) is 0 Å². The Bertz CT molecular complexity index is 1340. The van der Waals surface area contributed by atoms with Crippen LogP contribution in [0.2, 0.25) is 0 Å². The lowest BCUT2D eigenvalue weighted by Gasteiger charge is -2.33. The number of amides is 2. The minimum atomic E-state index is -4.05. The van der Waals surface area contributed by atoms with E-state index in [2.05, 4.69) is 20.0 Å². The Labute approximate surface area is 187 Å². The molecule has 0 bridgehead atoms. The number of anilines is 2. The van der Waals surface area contributed by atoms with Crippen LogP contribution in [0.1, 0.15) is 5.56 Å². The van der Waals surface area contributed by atoms with Gasteiger partial charge < -0.3 is 15.3 Å². The van der Waals surface area contributed by atoms with E-state index in [9.17, 15) is 27.9 Å². The van der Waals surface area contributed by atoms with Gasteiger partial charge in [-0.15, -0.1) is 0 Å². The molecule has 1 fully saturated rings. The van der Waals surface area contributed by atoms with Crippen LogP contribution in [0.25, 0.3) is 11.4 Å². The Morgan fingerprint density at radius 1 is 1.18 bits per heavy atom. The quantitative estimate of drug-likeness (QED) is 0.482. The lowest BCUT2D eigenvalue weighted by molar-refractivity contribution is -0.129. The summed E-state index contributed by atoms with van der Waals surface area (Å²) in [6, 6.07) is 12.9. The molecule has 2 atom stereocenters. The number of aliphatic hydroxyl groups excluding tert-OH is 1. The van der Waals surface area contributed by atoms with Gasteiger partial charge in [-0.25, -0.2) is 13.2 Å². The van der Waals surface area contributed by atoms with Gasteiger partial charge in [-0.1, -0.05) is 22.9 Å². The number of sulfone groups is 1. The molecule has 2 unspecified atom stereocenters.